The Bertz CT molecular complexity index is 751. The van der Waals surface area contributed by atoms with Gasteiger partial charge in [0.2, 0.25) is 0 Å². The molecule has 0 saturated carbocycles. The first-order valence-corrected chi connectivity index (χ1v) is 6.66. The van der Waals surface area contributed by atoms with Crippen LogP contribution in [0.5, 0.6) is 0 Å². The van der Waals surface area contributed by atoms with Gasteiger partial charge in [0.15, 0.2) is 0 Å². The molecule has 100 valence electrons. The molecule has 0 aliphatic carbocycles. The van der Waals surface area contributed by atoms with E-state index in [1.54, 1.807) is 35.1 Å². The molecule has 0 fully saturated rings. The molecule has 0 unspecified atom stereocenters. The van der Waals surface area contributed by atoms with Gasteiger partial charge in [-0.25, -0.2) is 9.07 Å². The van der Waals surface area contributed by atoms with Crippen LogP contribution < -0.4 is 0 Å². The van der Waals surface area contributed by atoms with Crippen LogP contribution >= 0.6 is 23.2 Å². The van der Waals surface area contributed by atoms with Gasteiger partial charge in [0.25, 0.3) is 0 Å². The molecule has 0 atom stereocenters. The van der Waals surface area contributed by atoms with E-state index in [0.29, 0.717) is 10.0 Å². The molecule has 1 heterocycles. The molecular formula is C15H9Cl2FN2. The van der Waals surface area contributed by atoms with Gasteiger partial charge in [-0.05, 0) is 48.5 Å². The Kier molecular flexibility index (Phi) is 3.47. The van der Waals surface area contributed by atoms with Crippen LogP contribution in [-0.4, -0.2) is 9.78 Å². The number of nitrogens with zero attached hydrogens (tertiary/aromatic N) is 2. The lowest BCUT2D eigenvalue weighted by Crippen LogP contribution is -1.95. The average Bonchev–Trinajstić information content (AvgIpc) is 2.89. The van der Waals surface area contributed by atoms with Crippen LogP contribution in [0.3, 0.4) is 0 Å². The molecule has 0 aliphatic rings. The minimum atomic E-state index is -0.276. The van der Waals surface area contributed by atoms with Crippen LogP contribution in [0.4, 0.5) is 4.39 Å². The van der Waals surface area contributed by atoms with Crippen molar-refractivity contribution in [3.8, 4) is 16.9 Å². The predicted molar refractivity (Wildman–Crippen MR) is 79.0 cm³/mol. The lowest BCUT2D eigenvalue weighted by molar-refractivity contribution is 0.627. The summed E-state index contributed by atoms with van der Waals surface area (Å²) in [5.41, 5.74) is 2.32. The van der Waals surface area contributed by atoms with E-state index < -0.39 is 0 Å². The van der Waals surface area contributed by atoms with E-state index >= 15 is 0 Å². The lowest BCUT2D eigenvalue weighted by atomic mass is 10.1. The molecule has 2 aromatic carbocycles. The van der Waals surface area contributed by atoms with Crippen molar-refractivity contribution in [1.82, 2.24) is 9.78 Å². The molecular weight excluding hydrogens is 298 g/mol. The van der Waals surface area contributed by atoms with Gasteiger partial charge in [-0.2, -0.15) is 5.10 Å². The first-order valence-electron chi connectivity index (χ1n) is 5.90. The average molecular weight is 307 g/mol. The normalized spacial score (nSPS) is 10.8. The van der Waals surface area contributed by atoms with Gasteiger partial charge in [0, 0.05) is 16.8 Å². The Morgan fingerprint density at radius 1 is 0.950 bits per heavy atom. The Balaban J connectivity index is 1.99. The fraction of sp³-hybridized carbons (Fsp3) is 0. The highest BCUT2D eigenvalue weighted by Gasteiger charge is 2.08. The van der Waals surface area contributed by atoms with Crippen LogP contribution in [0, 0.1) is 5.82 Å². The van der Waals surface area contributed by atoms with Gasteiger partial charge in [0.05, 0.1) is 16.4 Å². The number of aromatic nitrogens is 2. The van der Waals surface area contributed by atoms with Crippen LogP contribution in [-0.2, 0) is 0 Å². The molecule has 0 bridgehead atoms. The van der Waals surface area contributed by atoms with Crippen LogP contribution in [0.2, 0.25) is 10.0 Å². The molecule has 3 rings (SSSR count). The van der Waals surface area contributed by atoms with Crippen molar-refractivity contribution in [1.29, 1.82) is 0 Å². The number of hydrogen-bond donors (Lipinski definition) is 0. The molecule has 3 aromatic rings. The monoisotopic (exact) mass is 306 g/mol. The maximum absolute atomic E-state index is 12.9. The highest BCUT2D eigenvalue weighted by molar-refractivity contribution is 6.36. The fourth-order valence-corrected chi connectivity index (χ4v) is 2.41. The van der Waals surface area contributed by atoms with Crippen molar-refractivity contribution in [2.24, 2.45) is 0 Å². The molecule has 0 aliphatic heterocycles. The van der Waals surface area contributed by atoms with Crippen LogP contribution in [0.25, 0.3) is 16.9 Å². The summed E-state index contributed by atoms with van der Waals surface area (Å²) in [4.78, 5) is 0. The highest BCUT2D eigenvalue weighted by atomic mass is 35.5. The summed E-state index contributed by atoms with van der Waals surface area (Å²) in [7, 11) is 0. The topological polar surface area (TPSA) is 17.8 Å². The zero-order valence-corrected chi connectivity index (χ0v) is 11.7. The second-order valence-electron chi connectivity index (χ2n) is 4.25. The van der Waals surface area contributed by atoms with Crippen molar-refractivity contribution < 1.29 is 4.39 Å². The van der Waals surface area contributed by atoms with Crippen LogP contribution in [0.1, 0.15) is 0 Å². The zero-order valence-electron chi connectivity index (χ0n) is 10.2. The van der Waals surface area contributed by atoms with E-state index in [1.165, 1.54) is 12.1 Å². The maximum atomic E-state index is 12.9. The molecule has 0 N–H and O–H groups in total. The zero-order chi connectivity index (χ0) is 14.1. The molecule has 0 radical (unpaired) electrons. The third-order valence-electron chi connectivity index (χ3n) is 2.89. The van der Waals surface area contributed by atoms with Crippen molar-refractivity contribution in [2.45, 2.75) is 0 Å². The van der Waals surface area contributed by atoms with E-state index in [9.17, 15) is 4.39 Å². The van der Waals surface area contributed by atoms with E-state index in [0.717, 1.165) is 16.9 Å². The second kappa shape index (κ2) is 5.27. The predicted octanol–water partition coefficient (Wildman–Crippen LogP) is 4.99. The standard InChI is InChI=1S/C15H9Cl2FN2/c16-10-1-6-13(14(17)9-10)15-7-8-20(19-15)12-4-2-11(18)3-5-12/h1-9H. The molecule has 1 aromatic heterocycles. The number of rotatable bonds is 2. The van der Waals surface area contributed by atoms with Gasteiger partial charge in [0.1, 0.15) is 5.82 Å². The van der Waals surface area contributed by atoms with Crippen molar-refractivity contribution in [2.75, 3.05) is 0 Å². The lowest BCUT2D eigenvalue weighted by Gasteiger charge is -2.02. The molecule has 0 saturated heterocycles. The van der Waals surface area contributed by atoms with Gasteiger partial charge in [-0.3, -0.25) is 0 Å². The minimum Gasteiger partial charge on any atom is -0.240 e. The molecule has 2 nitrogen and oxygen atoms in total. The molecule has 0 spiro atoms. The van der Waals surface area contributed by atoms with Gasteiger partial charge < -0.3 is 0 Å². The largest absolute Gasteiger partial charge is 0.240 e. The van der Waals surface area contributed by atoms with E-state index in [-0.39, 0.29) is 5.82 Å². The molecule has 0 amide bonds. The maximum Gasteiger partial charge on any atom is 0.123 e. The summed E-state index contributed by atoms with van der Waals surface area (Å²) in [6, 6.07) is 13.2. The molecule has 5 heteroatoms. The first-order chi connectivity index (χ1) is 9.63. The summed E-state index contributed by atoms with van der Waals surface area (Å²) in [6.45, 7) is 0. The fourth-order valence-electron chi connectivity index (χ4n) is 1.90. The van der Waals surface area contributed by atoms with E-state index in [4.69, 9.17) is 23.2 Å². The van der Waals surface area contributed by atoms with Crippen molar-refractivity contribution >= 4 is 23.2 Å². The smallest absolute Gasteiger partial charge is 0.123 e. The van der Waals surface area contributed by atoms with Crippen LogP contribution in [0.15, 0.2) is 54.7 Å². The highest BCUT2D eigenvalue weighted by Crippen LogP contribution is 2.29. The van der Waals surface area contributed by atoms with Gasteiger partial charge >= 0.3 is 0 Å². The first kappa shape index (κ1) is 13.2. The SMILES string of the molecule is Fc1ccc(-n2ccc(-c3ccc(Cl)cc3Cl)n2)cc1. The van der Waals surface area contributed by atoms with Gasteiger partial charge in [-0.1, -0.05) is 23.2 Å². The number of benzene rings is 2. The number of halogens is 3. The minimum absolute atomic E-state index is 0.276. The summed E-state index contributed by atoms with van der Waals surface area (Å²) in [5, 5.41) is 5.56. The molecule has 20 heavy (non-hydrogen) atoms. The summed E-state index contributed by atoms with van der Waals surface area (Å²) in [5.74, 6) is -0.276. The Labute approximate surface area is 125 Å². The summed E-state index contributed by atoms with van der Waals surface area (Å²) < 4.78 is 14.6. The summed E-state index contributed by atoms with van der Waals surface area (Å²) >= 11 is 12.0. The van der Waals surface area contributed by atoms with Gasteiger partial charge in [-0.15, -0.1) is 0 Å². The quantitative estimate of drug-likeness (QED) is 0.652. The summed E-state index contributed by atoms with van der Waals surface area (Å²) in [6.07, 6.45) is 1.80. The second-order valence-corrected chi connectivity index (χ2v) is 5.09. The van der Waals surface area contributed by atoms with Crippen molar-refractivity contribution in [3.63, 3.8) is 0 Å². The number of hydrogen-bond acceptors (Lipinski definition) is 1. The Morgan fingerprint density at radius 2 is 1.70 bits per heavy atom. The van der Waals surface area contributed by atoms with Crippen molar-refractivity contribution in [3.05, 3.63) is 70.6 Å². The van der Waals surface area contributed by atoms with E-state index in [2.05, 4.69) is 5.10 Å². The van der Waals surface area contributed by atoms with E-state index in [1.807, 2.05) is 12.1 Å². The Hall–Kier alpha value is -1.84. The Morgan fingerprint density at radius 3 is 2.40 bits per heavy atom. The third-order valence-corrected chi connectivity index (χ3v) is 3.44. The third kappa shape index (κ3) is 2.55.